The van der Waals surface area contributed by atoms with Gasteiger partial charge in [0.05, 0.1) is 18.1 Å². The Balaban J connectivity index is 1.84. The molecule has 106 valence electrons. The van der Waals surface area contributed by atoms with Crippen LogP contribution >= 0.6 is 11.8 Å². The van der Waals surface area contributed by atoms with Gasteiger partial charge in [-0.05, 0) is 36.8 Å². The maximum Gasteiger partial charge on any atom is 0.224 e. The van der Waals surface area contributed by atoms with Gasteiger partial charge < -0.3 is 5.32 Å². The van der Waals surface area contributed by atoms with Crippen LogP contribution in [0.15, 0.2) is 24.3 Å². The molecule has 0 aliphatic heterocycles. The van der Waals surface area contributed by atoms with Crippen LogP contribution in [-0.4, -0.2) is 23.5 Å². The van der Waals surface area contributed by atoms with E-state index in [9.17, 15) is 4.79 Å². The monoisotopic (exact) mass is 288 g/mol. The van der Waals surface area contributed by atoms with Gasteiger partial charge in [-0.15, -0.1) is 0 Å². The second-order valence-electron chi connectivity index (χ2n) is 5.36. The summed E-state index contributed by atoms with van der Waals surface area (Å²) < 4.78 is 0.250. The molecule has 1 N–H and O–H groups in total. The summed E-state index contributed by atoms with van der Waals surface area (Å²) >= 11 is 1.88. The van der Waals surface area contributed by atoms with Crippen molar-refractivity contribution in [3.8, 4) is 6.07 Å². The van der Waals surface area contributed by atoms with Crippen LogP contribution in [-0.2, 0) is 11.2 Å². The van der Waals surface area contributed by atoms with Crippen LogP contribution in [0.4, 0.5) is 0 Å². The Labute approximate surface area is 124 Å². The fourth-order valence-corrected chi connectivity index (χ4v) is 3.59. The minimum atomic E-state index is 0.0648. The number of hydrogen-bond donors (Lipinski definition) is 1. The number of hydrogen-bond acceptors (Lipinski definition) is 3. The highest BCUT2D eigenvalue weighted by Gasteiger charge is 2.33. The van der Waals surface area contributed by atoms with E-state index in [1.54, 1.807) is 12.1 Å². The van der Waals surface area contributed by atoms with E-state index in [0.717, 1.165) is 12.1 Å². The largest absolute Gasteiger partial charge is 0.354 e. The van der Waals surface area contributed by atoms with E-state index in [-0.39, 0.29) is 10.7 Å². The molecular weight excluding hydrogens is 268 g/mol. The Bertz CT molecular complexity index is 498. The third-order valence-electron chi connectivity index (χ3n) is 4.00. The summed E-state index contributed by atoms with van der Waals surface area (Å²) in [5.41, 5.74) is 1.58. The van der Waals surface area contributed by atoms with Crippen LogP contribution in [0.5, 0.6) is 0 Å². The summed E-state index contributed by atoms with van der Waals surface area (Å²) in [6, 6.07) is 9.28. The quantitative estimate of drug-likeness (QED) is 0.906. The molecule has 1 aromatic carbocycles. The lowest BCUT2D eigenvalue weighted by Gasteiger charge is -2.26. The van der Waals surface area contributed by atoms with Crippen LogP contribution in [0.25, 0.3) is 0 Å². The van der Waals surface area contributed by atoms with E-state index in [4.69, 9.17) is 5.26 Å². The molecule has 1 amide bonds. The predicted octanol–water partition coefficient (Wildman–Crippen LogP) is 2.89. The third kappa shape index (κ3) is 3.77. The number of carbonyl (C=O) groups is 1. The van der Waals surface area contributed by atoms with Gasteiger partial charge >= 0.3 is 0 Å². The zero-order valence-corrected chi connectivity index (χ0v) is 12.6. The van der Waals surface area contributed by atoms with Crippen molar-refractivity contribution >= 4 is 17.7 Å². The molecule has 0 unspecified atom stereocenters. The van der Waals surface area contributed by atoms with Crippen LogP contribution in [0.3, 0.4) is 0 Å². The fraction of sp³-hybridized carbons (Fsp3) is 0.500. The molecule has 0 saturated heterocycles. The third-order valence-corrected chi connectivity index (χ3v) is 5.42. The van der Waals surface area contributed by atoms with Crippen molar-refractivity contribution in [2.45, 2.75) is 36.9 Å². The lowest BCUT2D eigenvalue weighted by atomic mass is 10.1. The van der Waals surface area contributed by atoms with E-state index < -0.39 is 0 Å². The zero-order valence-electron chi connectivity index (χ0n) is 11.8. The number of benzene rings is 1. The van der Waals surface area contributed by atoms with Crippen molar-refractivity contribution < 1.29 is 4.79 Å². The average Bonchev–Trinajstić information content (AvgIpc) is 2.95. The van der Waals surface area contributed by atoms with Crippen molar-refractivity contribution in [1.29, 1.82) is 5.26 Å². The van der Waals surface area contributed by atoms with E-state index in [1.807, 2.05) is 23.9 Å². The Kier molecular flexibility index (Phi) is 5.08. The molecule has 0 radical (unpaired) electrons. The highest BCUT2D eigenvalue weighted by atomic mass is 32.2. The van der Waals surface area contributed by atoms with Gasteiger partial charge in [0.25, 0.3) is 0 Å². The second kappa shape index (κ2) is 6.81. The normalized spacial score (nSPS) is 16.6. The lowest BCUT2D eigenvalue weighted by molar-refractivity contribution is -0.120. The Morgan fingerprint density at radius 2 is 2.00 bits per heavy atom. The SMILES string of the molecule is CSC1(CNC(=O)Cc2ccc(C#N)cc2)CCCC1. The zero-order chi connectivity index (χ0) is 14.4. The maximum atomic E-state index is 12.0. The van der Waals surface area contributed by atoms with Gasteiger partial charge in [0.1, 0.15) is 0 Å². The molecule has 3 nitrogen and oxygen atoms in total. The Morgan fingerprint density at radius 3 is 2.55 bits per heavy atom. The predicted molar refractivity (Wildman–Crippen MR) is 82.6 cm³/mol. The molecule has 1 aromatic rings. The molecule has 0 aromatic heterocycles. The summed E-state index contributed by atoms with van der Waals surface area (Å²) in [6.45, 7) is 0.767. The van der Waals surface area contributed by atoms with E-state index >= 15 is 0 Å². The number of nitrogens with zero attached hydrogens (tertiary/aromatic N) is 1. The van der Waals surface area contributed by atoms with Gasteiger partial charge in [-0.2, -0.15) is 17.0 Å². The van der Waals surface area contributed by atoms with Crippen molar-refractivity contribution in [3.63, 3.8) is 0 Å². The molecule has 0 bridgehead atoms. The Hall–Kier alpha value is -1.47. The topological polar surface area (TPSA) is 52.9 Å². The van der Waals surface area contributed by atoms with Crippen LogP contribution < -0.4 is 5.32 Å². The minimum Gasteiger partial charge on any atom is -0.354 e. The van der Waals surface area contributed by atoms with Crippen molar-refractivity contribution in [1.82, 2.24) is 5.32 Å². The molecule has 0 heterocycles. The van der Waals surface area contributed by atoms with Gasteiger partial charge in [0.15, 0.2) is 0 Å². The maximum absolute atomic E-state index is 12.0. The summed E-state index contributed by atoms with van der Waals surface area (Å²) in [4.78, 5) is 12.0. The highest BCUT2D eigenvalue weighted by molar-refractivity contribution is 8.00. The van der Waals surface area contributed by atoms with E-state index in [2.05, 4.69) is 17.6 Å². The molecule has 4 heteroatoms. The highest BCUT2D eigenvalue weighted by Crippen LogP contribution is 2.39. The average molecular weight is 288 g/mol. The minimum absolute atomic E-state index is 0.0648. The molecule has 0 spiro atoms. The van der Waals surface area contributed by atoms with Gasteiger partial charge in [-0.25, -0.2) is 0 Å². The molecule has 2 rings (SSSR count). The van der Waals surface area contributed by atoms with Crippen LogP contribution in [0, 0.1) is 11.3 Å². The van der Waals surface area contributed by atoms with Crippen LogP contribution in [0.1, 0.15) is 36.8 Å². The number of nitriles is 1. The molecule has 1 saturated carbocycles. The fourth-order valence-electron chi connectivity index (χ4n) is 2.68. The van der Waals surface area contributed by atoms with E-state index in [1.165, 1.54) is 25.7 Å². The molecule has 1 fully saturated rings. The molecule has 1 aliphatic carbocycles. The number of rotatable bonds is 5. The van der Waals surface area contributed by atoms with E-state index in [0.29, 0.717) is 12.0 Å². The van der Waals surface area contributed by atoms with Crippen molar-refractivity contribution in [3.05, 3.63) is 35.4 Å². The smallest absolute Gasteiger partial charge is 0.224 e. The Morgan fingerprint density at radius 1 is 1.35 bits per heavy atom. The van der Waals surface area contributed by atoms with Crippen molar-refractivity contribution in [2.75, 3.05) is 12.8 Å². The first-order chi connectivity index (χ1) is 9.67. The van der Waals surface area contributed by atoms with Gasteiger partial charge in [-0.3, -0.25) is 4.79 Å². The molecule has 20 heavy (non-hydrogen) atoms. The summed E-state index contributed by atoms with van der Waals surface area (Å²) in [7, 11) is 0. The number of thioether (sulfide) groups is 1. The molecular formula is C16H20N2OS. The van der Waals surface area contributed by atoms with Gasteiger partial charge in [0, 0.05) is 11.3 Å². The first kappa shape index (κ1) is 14.9. The van der Waals surface area contributed by atoms with Gasteiger partial charge in [0.2, 0.25) is 5.91 Å². The standard InChI is InChI=1S/C16H20N2OS/c1-20-16(8-2-3-9-16)12-18-15(19)10-13-4-6-14(11-17)7-5-13/h4-7H,2-3,8-10,12H2,1H3,(H,18,19). The second-order valence-corrected chi connectivity index (χ2v) is 6.63. The molecule has 1 aliphatic rings. The lowest BCUT2D eigenvalue weighted by Crippen LogP contribution is -2.39. The summed E-state index contributed by atoms with van der Waals surface area (Å²) in [5.74, 6) is 0.0648. The first-order valence-corrected chi connectivity index (χ1v) is 8.21. The number of amides is 1. The molecule has 0 atom stereocenters. The first-order valence-electron chi connectivity index (χ1n) is 6.98. The van der Waals surface area contributed by atoms with Gasteiger partial charge in [-0.1, -0.05) is 25.0 Å². The summed E-state index contributed by atoms with van der Waals surface area (Å²) in [6.07, 6.45) is 7.46. The van der Waals surface area contributed by atoms with Crippen LogP contribution in [0.2, 0.25) is 0 Å². The number of carbonyl (C=O) groups excluding carboxylic acids is 1. The van der Waals surface area contributed by atoms with Crippen molar-refractivity contribution in [2.24, 2.45) is 0 Å². The number of nitrogens with one attached hydrogen (secondary N) is 1. The summed E-state index contributed by atoms with van der Waals surface area (Å²) in [5, 5.41) is 11.8.